The maximum absolute atomic E-state index is 13.0. The van der Waals surface area contributed by atoms with Gasteiger partial charge in [-0.3, -0.25) is 4.79 Å². The molecule has 31 heavy (non-hydrogen) atoms. The van der Waals surface area contributed by atoms with Gasteiger partial charge in [0, 0.05) is 25.2 Å². The van der Waals surface area contributed by atoms with E-state index in [9.17, 15) is 13.2 Å². The Morgan fingerprint density at radius 3 is 2.52 bits per heavy atom. The molecule has 162 valence electrons. The smallest absolute Gasteiger partial charge is 0.253 e. The zero-order chi connectivity index (χ0) is 22.2. The van der Waals surface area contributed by atoms with Gasteiger partial charge in [0.2, 0.25) is 10.0 Å². The van der Waals surface area contributed by atoms with E-state index >= 15 is 0 Å². The van der Waals surface area contributed by atoms with Crippen molar-refractivity contribution >= 4 is 38.3 Å². The molecule has 3 aromatic rings. The third kappa shape index (κ3) is 4.84. The lowest BCUT2D eigenvalue weighted by Gasteiger charge is -2.18. The molecule has 1 fully saturated rings. The Kier molecular flexibility index (Phi) is 5.92. The van der Waals surface area contributed by atoms with Crippen molar-refractivity contribution in [2.24, 2.45) is 0 Å². The largest absolute Gasteiger partial charge is 0.497 e. The van der Waals surface area contributed by atoms with E-state index in [1.54, 1.807) is 25.1 Å². The second-order valence-electron chi connectivity index (χ2n) is 7.75. The van der Waals surface area contributed by atoms with Crippen LogP contribution in [0.15, 0.2) is 59.5 Å². The number of benzene rings is 3. The van der Waals surface area contributed by atoms with Gasteiger partial charge in [0.15, 0.2) is 0 Å². The number of hydrogen-bond donors (Lipinski definition) is 1. The highest BCUT2D eigenvalue weighted by molar-refractivity contribution is 7.89. The van der Waals surface area contributed by atoms with E-state index in [1.165, 1.54) is 12.1 Å². The summed E-state index contributed by atoms with van der Waals surface area (Å²) in [6.07, 6.45) is 1.63. The summed E-state index contributed by atoms with van der Waals surface area (Å²) in [6.45, 7) is 0.381. The van der Waals surface area contributed by atoms with Gasteiger partial charge in [0.1, 0.15) is 10.6 Å². The zero-order valence-corrected chi connectivity index (χ0v) is 18.8. The van der Waals surface area contributed by atoms with Crippen molar-refractivity contribution in [2.75, 3.05) is 14.2 Å². The molecule has 0 spiro atoms. The Labute approximate surface area is 186 Å². The fraction of sp³-hybridized carbons (Fsp3) is 0.261. The second kappa shape index (κ2) is 8.49. The molecule has 4 rings (SSSR count). The maximum Gasteiger partial charge on any atom is 0.253 e. The Morgan fingerprint density at radius 1 is 1.10 bits per heavy atom. The molecular formula is C23H23ClN2O4S. The van der Waals surface area contributed by atoms with Crippen LogP contribution < -0.4 is 9.46 Å². The average molecular weight is 459 g/mol. The molecule has 8 heteroatoms. The van der Waals surface area contributed by atoms with E-state index in [0.29, 0.717) is 6.54 Å². The van der Waals surface area contributed by atoms with Crippen molar-refractivity contribution in [3.05, 3.63) is 70.7 Å². The van der Waals surface area contributed by atoms with Crippen LogP contribution in [0.2, 0.25) is 5.02 Å². The van der Waals surface area contributed by atoms with Crippen molar-refractivity contribution in [3.8, 4) is 5.75 Å². The van der Waals surface area contributed by atoms with E-state index in [-0.39, 0.29) is 27.4 Å². The summed E-state index contributed by atoms with van der Waals surface area (Å²) >= 11 is 6.12. The quantitative estimate of drug-likeness (QED) is 0.575. The first-order valence-electron chi connectivity index (χ1n) is 9.91. The van der Waals surface area contributed by atoms with Gasteiger partial charge in [-0.05, 0) is 65.6 Å². The fourth-order valence-corrected chi connectivity index (χ4v) is 5.22. The number of carbonyl (C=O) groups is 1. The first-order chi connectivity index (χ1) is 14.8. The summed E-state index contributed by atoms with van der Waals surface area (Å²) in [5.41, 5.74) is 1.24. The SMILES string of the molecule is COc1ccc2cc(CN(C)C(=O)c3ccc(Cl)c(S(=O)(=O)NC4CC4)c3)ccc2c1. The van der Waals surface area contributed by atoms with Gasteiger partial charge < -0.3 is 9.64 Å². The van der Waals surface area contributed by atoms with E-state index < -0.39 is 10.0 Å². The van der Waals surface area contributed by atoms with Crippen LogP contribution in [0.5, 0.6) is 5.75 Å². The third-order valence-electron chi connectivity index (χ3n) is 5.25. The minimum atomic E-state index is -3.76. The number of methoxy groups -OCH3 is 1. The van der Waals surface area contributed by atoms with Gasteiger partial charge in [-0.25, -0.2) is 13.1 Å². The molecule has 0 heterocycles. The highest BCUT2D eigenvalue weighted by Crippen LogP contribution is 2.27. The Morgan fingerprint density at radius 2 is 1.81 bits per heavy atom. The normalized spacial score (nSPS) is 13.9. The van der Waals surface area contributed by atoms with Gasteiger partial charge in [-0.1, -0.05) is 29.8 Å². The molecule has 0 aliphatic heterocycles. The summed E-state index contributed by atoms with van der Waals surface area (Å²) < 4.78 is 33.0. The van der Waals surface area contributed by atoms with E-state index in [0.717, 1.165) is 34.9 Å². The molecular weight excluding hydrogens is 436 g/mol. The average Bonchev–Trinajstić information content (AvgIpc) is 3.56. The minimum Gasteiger partial charge on any atom is -0.497 e. The highest BCUT2D eigenvalue weighted by atomic mass is 35.5. The van der Waals surface area contributed by atoms with Crippen LogP contribution >= 0.6 is 11.6 Å². The summed E-state index contributed by atoms with van der Waals surface area (Å²) in [5.74, 6) is 0.506. The molecule has 1 saturated carbocycles. The number of sulfonamides is 1. The monoisotopic (exact) mass is 458 g/mol. The number of rotatable bonds is 7. The van der Waals surface area contributed by atoms with Crippen molar-refractivity contribution in [2.45, 2.75) is 30.3 Å². The number of halogens is 1. The molecule has 0 radical (unpaired) electrons. The summed E-state index contributed by atoms with van der Waals surface area (Å²) in [4.78, 5) is 14.5. The molecule has 1 aliphatic carbocycles. The molecule has 1 N–H and O–H groups in total. The molecule has 6 nitrogen and oxygen atoms in total. The molecule has 0 saturated heterocycles. The molecule has 1 amide bonds. The third-order valence-corrected chi connectivity index (χ3v) is 7.25. The highest BCUT2D eigenvalue weighted by Gasteiger charge is 2.30. The van der Waals surface area contributed by atoms with Gasteiger partial charge in [-0.2, -0.15) is 0 Å². The first kappa shape index (κ1) is 21.6. The number of nitrogens with one attached hydrogen (secondary N) is 1. The summed E-state index contributed by atoms with van der Waals surface area (Å²) in [6, 6.07) is 16.1. The molecule has 1 aliphatic rings. The van der Waals surface area contributed by atoms with Crippen molar-refractivity contribution in [3.63, 3.8) is 0 Å². The molecule has 0 unspecified atom stereocenters. The van der Waals surface area contributed by atoms with Crippen LogP contribution in [-0.2, 0) is 16.6 Å². The number of carbonyl (C=O) groups excluding carboxylic acids is 1. The second-order valence-corrected chi connectivity index (χ2v) is 9.84. The predicted octanol–water partition coefficient (Wildman–Crippen LogP) is 4.21. The lowest BCUT2D eigenvalue weighted by atomic mass is 10.1. The van der Waals surface area contributed by atoms with Crippen LogP contribution in [0.1, 0.15) is 28.8 Å². The van der Waals surface area contributed by atoms with Gasteiger partial charge in [0.25, 0.3) is 5.91 Å². The molecule has 0 atom stereocenters. The lowest BCUT2D eigenvalue weighted by molar-refractivity contribution is 0.0785. The van der Waals surface area contributed by atoms with Crippen LogP contribution in [0, 0.1) is 0 Å². The van der Waals surface area contributed by atoms with Crippen molar-refractivity contribution in [1.82, 2.24) is 9.62 Å². The first-order valence-corrected chi connectivity index (χ1v) is 11.8. The summed E-state index contributed by atoms with van der Waals surface area (Å²) in [7, 11) is -0.445. The Hall–Kier alpha value is -2.61. The molecule has 3 aromatic carbocycles. The summed E-state index contributed by atoms with van der Waals surface area (Å²) in [5, 5.41) is 2.19. The Bertz CT molecular complexity index is 1260. The Balaban J connectivity index is 1.54. The van der Waals surface area contributed by atoms with Gasteiger partial charge in [-0.15, -0.1) is 0 Å². The van der Waals surface area contributed by atoms with E-state index in [1.807, 2.05) is 36.4 Å². The van der Waals surface area contributed by atoms with Gasteiger partial charge in [0.05, 0.1) is 12.1 Å². The predicted molar refractivity (Wildman–Crippen MR) is 121 cm³/mol. The number of hydrogen-bond acceptors (Lipinski definition) is 4. The fourth-order valence-electron chi connectivity index (χ4n) is 3.39. The van der Waals surface area contributed by atoms with Crippen LogP contribution in [0.4, 0.5) is 0 Å². The lowest BCUT2D eigenvalue weighted by Crippen LogP contribution is -2.28. The number of ether oxygens (including phenoxy) is 1. The maximum atomic E-state index is 13.0. The van der Waals surface area contributed by atoms with Crippen molar-refractivity contribution in [1.29, 1.82) is 0 Å². The van der Waals surface area contributed by atoms with E-state index in [4.69, 9.17) is 16.3 Å². The molecule has 0 aromatic heterocycles. The van der Waals surface area contributed by atoms with Crippen molar-refractivity contribution < 1.29 is 17.9 Å². The number of amides is 1. The van der Waals surface area contributed by atoms with Crippen LogP contribution in [0.3, 0.4) is 0 Å². The standard InChI is InChI=1S/C23H23ClN2O4S/c1-26(14-15-3-4-17-12-20(30-2)9-5-16(17)11-15)23(27)18-6-10-21(24)22(13-18)31(28,29)25-19-7-8-19/h3-6,9-13,19,25H,7-8,14H2,1-2H3. The van der Waals surface area contributed by atoms with E-state index in [2.05, 4.69) is 4.72 Å². The van der Waals surface area contributed by atoms with Gasteiger partial charge >= 0.3 is 0 Å². The zero-order valence-electron chi connectivity index (χ0n) is 17.3. The van der Waals surface area contributed by atoms with Crippen LogP contribution in [0.25, 0.3) is 10.8 Å². The molecule has 0 bridgehead atoms. The van der Waals surface area contributed by atoms with Crippen LogP contribution in [-0.4, -0.2) is 39.4 Å². The number of fused-ring (bicyclic) bond motifs is 1. The number of nitrogens with zero attached hydrogens (tertiary/aromatic N) is 1. The topological polar surface area (TPSA) is 75.7 Å². The minimum absolute atomic E-state index is 0.0454.